The molecule has 0 radical (unpaired) electrons. The lowest BCUT2D eigenvalue weighted by molar-refractivity contribution is 1.56. The van der Waals surface area contributed by atoms with Crippen LogP contribution in [0.2, 0.25) is 5.02 Å². The molecule has 3 heteroatoms. The Kier molecular flexibility index (Phi) is 3.49. The second-order valence-corrected chi connectivity index (χ2v) is 5.26. The predicted octanol–water partition coefficient (Wildman–Crippen LogP) is 5.53. The third-order valence-electron chi connectivity index (χ3n) is 2.08. The van der Waals surface area contributed by atoms with E-state index >= 15 is 0 Å². The molecule has 15 heavy (non-hydrogen) atoms. The highest BCUT2D eigenvalue weighted by molar-refractivity contribution is 9.11. The summed E-state index contributed by atoms with van der Waals surface area (Å²) in [5, 5.41) is 0.740. The number of benzene rings is 2. The highest BCUT2D eigenvalue weighted by atomic mass is 79.9. The van der Waals surface area contributed by atoms with Crippen LogP contribution in [0, 0.1) is 0 Å². The fourth-order valence-corrected chi connectivity index (χ4v) is 2.83. The summed E-state index contributed by atoms with van der Waals surface area (Å²) in [6, 6.07) is 14.0. The molecule has 0 nitrogen and oxygen atoms in total. The van der Waals surface area contributed by atoms with Crippen molar-refractivity contribution in [3.05, 3.63) is 56.4 Å². The Morgan fingerprint density at radius 1 is 0.933 bits per heavy atom. The van der Waals surface area contributed by atoms with Gasteiger partial charge in [0.05, 0.1) is 5.02 Å². The van der Waals surface area contributed by atoms with E-state index in [1.165, 1.54) is 0 Å². The minimum atomic E-state index is 0.740. The van der Waals surface area contributed by atoms with E-state index in [1.54, 1.807) is 0 Å². The normalized spacial score (nSPS) is 10.3. The first-order valence-corrected chi connectivity index (χ1v) is 6.35. The molecular formula is C12H7Br2Cl. The van der Waals surface area contributed by atoms with E-state index in [9.17, 15) is 0 Å². The molecule has 0 atom stereocenters. The van der Waals surface area contributed by atoms with Crippen molar-refractivity contribution in [2.45, 2.75) is 0 Å². The average Bonchev–Trinajstić information content (AvgIpc) is 2.24. The van der Waals surface area contributed by atoms with E-state index in [-0.39, 0.29) is 0 Å². The smallest absolute Gasteiger partial charge is 0.0627 e. The fraction of sp³-hybridized carbons (Fsp3) is 0. The van der Waals surface area contributed by atoms with E-state index in [4.69, 9.17) is 11.6 Å². The maximum absolute atomic E-state index is 6.23. The van der Waals surface area contributed by atoms with Crippen LogP contribution in [0.3, 0.4) is 0 Å². The van der Waals surface area contributed by atoms with Crippen LogP contribution in [0.15, 0.2) is 51.4 Å². The van der Waals surface area contributed by atoms with Crippen LogP contribution in [0.25, 0.3) is 11.1 Å². The van der Waals surface area contributed by atoms with Gasteiger partial charge in [-0.05, 0) is 33.6 Å². The molecule has 0 spiro atoms. The Hall–Kier alpha value is -0.310. The molecule has 2 aromatic rings. The summed E-state index contributed by atoms with van der Waals surface area (Å²) >= 11 is 13.1. The van der Waals surface area contributed by atoms with E-state index < -0.39 is 0 Å². The van der Waals surface area contributed by atoms with Gasteiger partial charge in [-0.2, -0.15) is 0 Å². The first-order chi connectivity index (χ1) is 7.18. The molecule has 0 saturated heterocycles. The van der Waals surface area contributed by atoms with Gasteiger partial charge in [-0.25, -0.2) is 0 Å². The molecule has 0 aliphatic heterocycles. The molecule has 0 unspecified atom stereocenters. The molecule has 2 rings (SSSR count). The van der Waals surface area contributed by atoms with Crippen LogP contribution in [0.4, 0.5) is 0 Å². The van der Waals surface area contributed by atoms with Gasteiger partial charge in [-0.3, -0.25) is 0 Å². The van der Waals surface area contributed by atoms with Gasteiger partial charge in [0.1, 0.15) is 0 Å². The van der Waals surface area contributed by atoms with Gasteiger partial charge in [0.25, 0.3) is 0 Å². The molecule has 0 aliphatic rings. The topological polar surface area (TPSA) is 0 Å². The summed E-state index contributed by atoms with van der Waals surface area (Å²) in [7, 11) is 0. The van der Waals surface area contributed by atoms with Gasteiger partial charge < -0.3 is 0 Å². The minimum absolute atomic E-state index is 0.740. The van der Waals surface area contributed by atoms with E-state index in [1.807, 2.05) is 42.5 Å². The van der Waals surface area contributed by atoms with Gasteiger partial charge in [0.15, 0.2) is 0 Å². The Labute approximate surface area is 111 Å². The molecule has 0 aromatic heterocycles. The van der Waals surface area contributed by atoms with Crippen molar-refractivity contribution < 1.29 is 0 Å². The quantitative estimate of drug-likeness (QED) is 0.595. The molecule has 0 aliphatic carbocycles. The minimum Gasteiger partial charge on any atom is -0.0824 e. The van der Waals surface area contributed by atoms with Crippen molar-refractivity contribution in [1.29, 1.82) is 0 Å². The lowest BCUT2D eigenvalue weighted by Crippen LogP contribution is -1.81. The summed E-state index contributed by atoms with van der Waals surface area (Å²) in [5.41, 5.74) is 2.14. The van der Waals surface area contributed by atoms with E-state index in [0.29, 0.717) is 0 Å². The maximum atomic E-state index is 6.23. The summed E-state index contributed by atoms with van der Waals surface area (Å²) in [6.45, 7) is 0. The van der Waals surface area contributed by atoms with Crippen LogP contribution in [-0.2, 0) is 0 Å². The van der Waals surface area contributed by atoms with Gasteiger partial charge in [0, 0.05) is 14.5 Å². The van der Waals surface area contributed by atoms with Crippen molar-refractivity contribution in [1.82, 2.24) is 0 Å². The molecule has 0 N–H and O–H groups in total. The third kappa shape index (κ3) is 2.44. The standard InChI is InChI=1S/C12H7Br2Cl/c13-9-6-10(12(15)11(14)7-9)8-4-2-1-3-5-8/h1-7H. The molecule has 0 saturated carbocycles. The van der Waals surface area contributed by atoms with Crippen molar-refractivity contribution in [3.8, 4) is 11.1 Å². The Balaban J connectivity index is 2.63. The van der Waals surface area contributed by atoms with Gasteiger partial charge in [-0.1, -0.05) is 57.9 Å². The largest absolute Gasteiger partial charge is 0.0824 e. The number of rotatable bonds is 1. The van der Waals surface area contributed by atoms with E-state index in [2.05, 4.69) is 31.9 Å². The van der Waals surface area contributed by atoms with Crippen molar-refractivity contribution in [3.63, 3.8) is 0 Å². The predicted molar refractivity (Wildman–Crippen MR) is 72.3 cm³/mol. The van der Waals surface area contributed by atoms with Crippen LogP contribution in [0.5, 0.6) is 0 Å². The van der Waals surface area contributed by atoms with Gasteiger partial charge >= 0.3 is 0 Å². The van der Waals surface area contributed by atoms with Crippen molar-refractivity contribution in [2.24, 2.45) is 0 Å². The first kappa shape index (κ1) is 11.2. The monoisotopic (exact) mass is 344 g/mol. The highest BCUT2D eigenvalue weighted by Crippen LogP contribution is 2.36. The van der Waals surface area contributed by atoms with Crippen molar-refractivity contribution >= 4 is 43.5 Å². The van der Waals surface area contributed by atoms with Crippen LogP contribution >= 0.6 is 43.5 Å². The zero-order valence-electron chi connectivity index (χ0n) is 7.68. The summed E-state index contributed by atoms with van der Waals surface area (Å²) in [6.07, 6.45) is 0. The summed E-state index contributed by atoms with van der Waals surface area (Å²) in [4.78, 5) is 0. The van der Waals surface area contributed by atoms with E-state index in [0.717, 1.165) is 25.1 Å². The number of halogens is 3. The number of hydrogen-bond donors (Lipinski definition) is 0. The van der Waals surface area contributed by atoms with Crippen LogP contribution in [0.1, 0.15) is 0 Å². The zero-order valence-corrected chi connectivity index (χ0v) is 11.6. The van der Waals surface area contributed by atoms with Crippen molar-refractivity contribution in [2.75, 3.05) is 0 Å². The molecular weight excluding hydrogens is 339 g/mol. The average molecular weight is 346 g/mol. The zero-order chi connectivity index (χ0) is 10.8. The molecule has 0 fully saturated rings. The Bertz CT molecular complexity index is 480. The SMILES string of the molecule is Clc1c(Br)cc(Br)cc1-c1ccccc1. The molecule has 76 valence electrons. The lowest BCUT2D eigenvalue weighted by Gasteiger charge is -2.07. The second kappa shape index (κ2) is 4.69. The van der Waals surface area contributed by atoms with Crippen LogP contribution in [-0.4, -0.2) is 0 Å². The molecule has 0 heterocycles. The first-order valence-electron chi connectivity index (χ1n) is 4.38. The van der Waals surface area contributed by atoms with Gasteiger partial charge in [-0.15, -0.1) is 0 Å². The fourth-order valence-electron chi connectivity index (χ4n) is 1.38. The van der Waals surface area contributed by atoms with Gasteiger partial charge in [0.2, 0.25) is 0 Å². The molecule has 0 bridgehead atoms. The number of hydrogen-bond acceptors (Lipinski definition) is 0. The lowest BCUT2D eigenvalue weighted by atomic mass is 10.1. The van der Waals surface area contributed by atoms with Crippen LogP contribution < -0.4 is 0 Å². The Morgan fingerprint density at radius 2 is 1.60 bits per heavy atom. The maximum Gasteiger partial charge on any atom is 0.0627 e. The summed E-state index contributed by atoms with van der Waals surface area (Å²) in [5.74, 6) is 0. The molecule has 2 aromatic carbocycles. The molecule has 0 amide bonds. The third-order valence-corrected chi connectivity index (χ3v) is 3.80. The second-order valence-electron chi connectivity index (χ2n) is 3.12. The highest BCUT2D eigenvalue weighted by Gasteiger charge is 2.07. The Morgan fingerprint density at radius 3 is 2.27 bits per heavy atom. The summed E-state index contributed by atoms with van der Waals surface area (Å²) < 4.78 is 1.91.